The maximum atomic E-state index is 12.5. The normalized spacial score (nSPS) is 22.1. The molecule has 0 bridgehead atoms. The number of methoxy groups -OCH3 is 1. The van der Waals surface area contributed by atoms with Crippen LogP contribution in [-0.2, 0) is 25.1 Å². The molecule has 2 aromatic carbocycles. The van der Waals surface area contributed by atoms with Crippen molar-refractivity contribution in [2.45, 2.75) is 23.3 Å². The number of esters is 1. The van der Waals surface area contributed by atoms with E-state index in [4.69, 9.17) is 4.74 Å². The topological polar surface area (TPSA) is 69.7 Å². The second-order valence-electron chi connectivity index (χ2n) is 6.14. The van der Waals surface area contributed by atoms with Crippen LogP contribution in [0.25, 0.3) is 0 Å². The van der Waals surface area contributed by atoms with Gasteiger partial charge >= 0.3 is 21.6 Å². The molecule has 1 fully saturated rings. The van der Waals surface area contributed by atoms with Crippen molar-refractivity contribution in [1.82, 2.24) is 0 Å². The van der Waals surface area contributed by atoms with Gasteiger partial charge in [-0.3, -0.25) is 4.79 Å². The maximum absolute atomic E-state index is 12.5. The molecule has 0 heterocycles. The predicted molar refractivity (Wildman–Crippen MR) is 89.5 cm³/mol. The van der Waals surface area contributed by atoms with Gasteiger partial charge in [0.15, 0.2) is 0 Å². The van der Waals surface area contributed by atoms with Gasteiger partial charge in [0.05, 0.1) is 7.11 Å². The fraction of sp³-hybridized carbons (Fsp3) is 0.278. The summed E-state index contributed by atoms with van der Waals surface area (Å²) in [4.78, 5) is 12.5. The largest absolute Gasteiger partial charge is 0.534 e. The number of rotatable bonds is 5. The summed E-state index contributed by atoms with van der Waals surface area (Å²) < 4.78 is 69.2. The fourth-order valence-electron chi connectivity index (χ4n) is 3.19. The predicted octanol–water partition coefficient (Wildman–Crippen LogP) is 3.51. The molecular weight excluding hydrogens is 385 g/mol. The van der Waals surface area contributed by atoms with Gasteiger partial charge < -0.3 is 8.92 Å². The van der Waals surface area contributed by atoms with Crippen LogP contribution in [0.15, 0.2) is 54.6 Å². The zero-order valence-corrected chi connectivity index (χ0v) is 14.9. The van der Waals surface area contributed by atoms with Gasteiger partial charge in [0.25, 0.3) is 0 Å². The van der Waals surface area contributed by atoms with Crippen molar-refractivity contribution in [2.24, 2.45) is 0 Å². The van der Waals surface area contributed by atoms with Gasteiger partial charge in [-0.15, -0.1) is 0 Å². The molecular formula is C18H15F3O5S. The number of hydrogen-bond acceptors (Lipinski definition) is 5. The van der Waals surface area contributed by atoms with Crippen LogP contribution in [0, 0.1) is 0 Å². The summed E-state index contributed by atoms with van der Waals surface area (Å²) in [6.07, 6.45) is 0.388. The van der Waals surface area contributed by atoms with E-state index in [9.17, 15) is 26.4 Å². The average molecular weight is 400 g/mol. The number of carbonyl (C=O) groups is 1. The molecule has 2 aromatic rings. The van der Waals surface area contributed by atoms with Crippen molar-refractivity contribution < 1.29 is 35.3 Å². The monoisotopic (exact) mass is 400 g/mol. The third-order valence-corrected chi connectivity index (χ3v) is 5.53. The van der Waals surface area contributed by atoms with Crippen molar-refractivity contribution in [1.29, 1.82) is 0 Å². The van der Waals surface area contributed by atoms with Gasteiger partial charge in [-0.1, -0.05) is 42.5 Å². The van der Waals surface area contributed by atoms with Gasteiger partial charge in [0.1, 0.15) is 11.2 Å². The molecule has 5 nitrogen and oxygen atoms in total. The third kappa shape index (κ3) is 3.39. The minimum Gasteiger partial charge on any atom is -0.468 e. The molecule has 0 spiro atoms. The Bertz CT molecular complexity index is 956. The highest BCUT2D eigenvalue weighted by Gasteiger charge is 2.62. The molecule has 9 heteroatoms. The summed E-state index contributed by atoms with van der Waals surface area (Å²) in [7, 11) is -4.58. The Labute approximate surface area is 153 Å². The molecule has 0 saturated heterocycles. The molecule has 0 N–H and O–H groups in total. The number of carbonyl (C=O) groups excluding carboxylic acids is 1. The van der Waals surface area contributed by atoms with Crippen LogP contribution in [0.2, 0.25) is 0 Å². The lowest BCUT2D eigenvalue weighted by Crippen LogP contribution is -2.28. The van der Waals surface area contributed by atoms with Crippen LogP contribution in [0.4, 0.5) is 13.2 Å². The first-order valence-electron chi connectivity index (χ1n) is 7.86. The highest BCUT2D eigenvalue weighted by atomic mass is 32.2. The van der Waals surface area contributed by atoms with E-state index < -0.39 is 32.8 Å². The zero-order chi connectivity index (χ0) is 19.9. The Morgan fingerprint density at radius 1 is 1.11 bits per heavy atom. The Morgan fingerprint density at radius 2 is 1.78 bits per heavy atom. The second kappa shape index (κ2) is 6.56. The molecule has 0 aliphatic heterocycles. The molecule has 27 heavy (non-hydrogen) atoms. The van der Waals surface area contributed by atoms with Gasteiger partial charge in [-0.25, -0.2) is 0 Å². The molecule has 3 rings (SSSR count). The van der Waals surface area contributed by atoms with E-state index in [1.165, 1.54) is 19.2 Å². The number of halogens is 3. The van der Waals surface area contributed by atoms with Gasteiger partial charge in [-0.05, 0) is 29.7 Å². The summed E-state index contributed by atoms with van der Waals surface area (Å²) in [5, 5.41) is 0. The van der Waals surface area contributed by atoms with Crippen molar-refractivity contribution in [3.63, 3.8) is 0 Å². The number of benzene rings is 2. The Hall–Kier alpha value is -2.55. The lowest BCUT2D eigenvalue weighted by atomic mass is 9.90. The van der Waals surface area contributed by atoms with Crippen LogP contribution in [0.1, 0.15) is 23.5 Å². The summed E-state index contributed by atoms with van der Waals surface area (Å²) in [5.74, 6) is -1.31. The van der Waals surface area contributed by atoms with E-state index >= 15 is 0 Å². The number of hydrogen-bond donors (Lipinski definition) is 0. The van der Waals surface area contributed by atoms with E-state index in [1.54, 1.807) is 0 Å². The van der Waals surface area contributed by atoms with E-state index in [0.717, 1.165) is 17.7 Å². The summed E-state index contributed by atoms with van der Waals surface area (Å²) in [5.41, 5.74) is -5.44. The summed E-state index contributed by atoms with van der Waals surface area (Å²) >= 11 is 0. The zero-order valence-electron chi connectivity index (χ0n) is 14.1. The summed E-state index contributed by atoms with van der Waals surface area (Å²) in [6.45, 7) is 0. The molecule has 1 saturated carbocycles. The first-order chi connectivity index (χ1) is 12.6. The van der Waals surface area contributed by atoms with Crippen LogP contribution in [0.3, 0.4) is 0 Å². The minimum absolute atomic E-state index is 0.236. The molecule has 144 valence electrons. The van der Waals surface area contributed by atoms with Gasteiger partial charge in [-0.2, -0.15) is 21.6 Å². The Morgan fingerprint density at radius 3 is 2.37 bits per heavy atom. The van der Waals surface area contributed by atoms with Crippen molar-refractivity contribution >= 4 is 16.1 Å². The van der Waals surface area contributed by atoms with Crippen molar-refractivity contribution in [3.05, 3.63) is 65.7 Å². The van der Waals surface area contributed by atoms with Crippen molar-refractivity contribution in [2.75, 3.05) is 7.11 Å². The van der Waals surface area contributed by atoms with Crippen LogP contribution < -0.4 is 4.18 Å². The number of ether oxygens (including phenoxy) is 1. The Balaban J connectivity index is 1.98. The van der Waals surface area contributed by atoms with Crippen LogP contribution in [0.5, 0.6) is 5.75 Å². The van der Waals surface area contributed by atoms with Gasteiger partial charge in [0, 0.05) is 5.92 Å². The molecule has 1 aliphatic carbocycles. The van der Waals surface area contributed by atoms with E-state index in [-0.39, 0.29) is 5.92 Å². The molecule has 2 atom stereocenters. The minimum atomic E-state index is -5.80. The van der Waals surface area contributed by atoms with Crippen molar-refractivity contribution in [3.8, 4) is 5.75 Å². The molecule has 0 radical (unpaired) electrons. The SMILES string of the molecule is COC(=O)[C@]1(c2cccc(OS(=O)(=O)C(F)(F)F)c2)C[C@H]1c1ccccc1. The first-order valence-corrected chi connectivity index (χ1v) is 9.27. The summed E-state index contributed by atoms with van der Waals surface area (Å²) in [6, 6.07) is 14.2. The van der Waals surface area contributed by atoms with E-state index in [0.29, 0.717) is 12.0 Å². The molecule has 0 aromatic heterocycles. The quantitative estimate of drug-likeness (QED) is 0.436. The highest BCUT2D eigenvalue weighted by molar-refractivity contribution is 7.88. The number of alkyl halides is 3. The Kier molecular flexibility index (Phi) is 4.67. The maximum Gasteiger partial charge on any atom is 0.534 e. The van der Waals surface area contributed by atoms with E-state index in [1.807, 2.05) is 30.3 Å². The molecule has 0 unspecified atom stereocenters. The molecule has 1 aliphatic rings. The fourth-order valence-corrected chi connectivity index (χ4v) is 3.65. The first kappa shape index (κ1) is 19.2. The lowest BCUT2D eigenvalue weighted by molar-refractivity contribution is -0.143. The second-order valence-corrected chi connectivity index (χ2v) is 7.68. The third-order valence-electron chi connectivity index (χ3n) is 4.55. The van der Waals surface area contributed by atoms with E-state index in [2.05, 4.69) is 4.18 Å². The highest BCUT2D eigenvalue weighted by Crippen LogP contribution is 2.61. The smallest absolute Gasteiger partial charge is 0.468 e. The van der Waals surface area contributed by atoms with Crippen LogP contribution >= 0.6 is 0 Å². The van der Waals surface area contributed by atoms with Crippen LogP contribution in [-0.4, -0.2) is 27.0 Å². The standard InChI is InChI=1S/C18H15F3O5S/c1-25-16(22)17(11-15(17)12-6-3-2-4-7-12)13-8-5-9-14(10-13)26-27(23,24)18(19,20)21/h2-10,15H,11H2,1H3/t15-,17-/m0/s1. The van der Waals surface area contributed by atoms with Gasteiger partial charge in [0.2, 0.25) is 0 Å². The lowest BCUT2D eigenvalue weighted by Gasteiger charge is -2.17. The average Bonchev–Trinajstić information content (AvgIpc) is 3.38. The molecule has 0 amide bonds.